The van der Waals surface area contributed by atoms with Crippen LogP contribution in [0.3, 0.4) is 0 Å². The largest absolute Gasteiger partial charge is 0.343 e. The number of ketones is 1. The highest BCUT2D eigenvalue weighted by Gasteiger charge is 2.45. The van der Waals surface area contributed by atoms with Crippen LogP contribution in [-0.4, -0.2) is 44.6 Å². The number of ether oxygens (including phenoxy) is 2. The summed E-state index contributed by atoms with van der Waals surface area (Å²) in [6, 6.07) is 3.90. The molecule has 2 bridgehead atoms. The van der Waals surface area contributed by atoms with E-state index >= 15 is 0 Å². The van der Waals surface area contributed by atoms with Crippen molar-refractivity contribution in [1.82, 2.24) is 19.8 Å². The zero-order valence-electron chi connectivity index (χ0n) is 13.7. The third kappa shape index (κ3) is 2.33. The molecule has 0 N–H and O–H groups in total. The van der Waals surface area contributed by atoms with Crippen LogP contribution in [0.4, 0.5) is 0 Å². The van der Waals surface area contributed by atoms with Gasteiger partial charge in [-0.1, -0.05) is 17.7 Å². The Balaban J connectivity index is 1.77. The lowest BCUT2D eigenvalue weighted by atomic mass is 10.0. The fraction of sp³-hybridized carbons (Fsp3) is 0.500. The van der Waals surface area contributed by atoms with E-state index in [1.165, 1.54) is 5.56 Å². The summed E-state index contributed by atoms with van der Waals surface area (Å²) in [5, 5.41) is 8.45. The molecule has 3 atom stereocenters. The molecule has 2 aliphatic rings. The highest BCUT2D eigenvalue weighted by Crippen LogP contribution is 2.33. The van der Waals surface area contributed by atoms with E-state index in [-0.39, 0.29) is 17.9 Å². The molecule has 8 heteroatoms. The molecule has 0 spiro atoms. The van der Waals surface area contributed by atoms with E-state index in [9.17, 15) is 4.79 Å². The molecule has 7 nitrogen and oxygen atoms in total. The summed E-state index contributed by atoms with van der Waals surface area (Å²) in [4.78, 5) is 12.0. The van der Waals surface area contributed by atoms with Crippen molar-refractivity contribution in [2.45, 2.75) is 45.6 Å². The first-order valence-corrected chi connectivity index (χ1v) is 8.29. The second kappa shape index (κ2) is 5.58. The van der Waals surface area contributed by atoms with Gasteiger partial charge < -0.3 is 9.47 Å². The summed E-state index contributed by atoms with van der Waals surface area (Å²) in [6.07, 6.45) is -0.643. The smallest absolute Gasteiger partial charge is 0.221 e. The van der Waals surface area contributed by atoms with Gasteiger partial charge in [0, 0.05) is 6.42 Å². The van der Waals surface area contributed by atoms with Crippen molar-refractivity contribution in [3.8, 4) is 5.69 Å². The molecule has 126 valence electrons. The minimum absolute atomic E-state index is 0.0760. The number of fused-ring (bicyclic) bond motifs is 2. The van der Waals surface area contributed by atoms with E-state index in [0.717, 1.165) is 16.8 Å². The van der Waals surface area contributed by atoms with E-state index in [1.54, 1.807) is 9.36 Å². The van der Waals surface area contributed by atoms with E-state index in [1.807, 2.05) is 13.8 Å². The Bertz CT molecular complexity index is 865. The van der Waals surface area contributed by atoms with Crippen LogP contribution in [-0.2, 0) is 14.3 Å². The molecule has 0 radical (unpaired) electrons. The topological polar surface area (TPSA) is 71.2 Å². The van der Waals surface area contributed by atoms with Crippen LogP contribution in [0.25, 0.3) is 5.69 Å². The Morgan fingerprint density at radius 1 is 1.21 bits per heavy atom. The third-order valence-electron chi connectivity index (χ3n) is 4.58. The second-order valence-electron chi connectivity index (χ2n) is 6.44. The molecule has 2 aromatic rings. The molecule has 4 rings (SSSR count). The lowest BCUT2D eigenvalue weighted by Gasteiger charge is -2.25. The highest BCUT2D eigenvalue weighted by atomic mass is 32.1. The van der Waals surface area contributed by atoms with Crippen LogP contribution in [0.15, 0.2) is 12.1 Å². The molecular weight excluding hydrogens is 328 g/mol. The molecule has 0 amide bonds. The summed E-state index contributed by atoms with van der Waals surface area (Å²) >= 11 is 5.59. The van der Waals surface area contributed by atoms with Gasteiger partial charge in [-0.25, -0.2) is 4.68 Å². The number of rotatable bonds is 2. The van der Waals surface area contributed by atoms with Crippen molar-refractivity contribution in [3.63, 3.8) is 0 Å². The van der Waals surface area contributed by atoms with Crippen molar-refractivity contribution in [2.75, 3.05) is 6.61 Å². The van der Waals surface area contributed by atoms with E-state index in [2.05, 4.69) is 29.5 Å². The zero-order chi connectivity index (χ0) is 17.0. The molecule has 2 fully saturated rings. The van der Waals surface area contributed by atoms with Gasteiger partial charge in [-0.2, -0.15) is 4.68 Å². The van der Waals surface area contributed by atoms with E-state index in [4.69, 9.17) is 21.7 Å². The number of hydrogen-bond donors (Lipinski definition) is 0. The molecule has 0 saturated carbocycles. The molecule has 2 saturated heterocycles. The Labute approximate surface area is 144 Å². The Morgan fingerprint density at radius 2 is 1.92 bits per heavy atom. The van der Waals surface area contributed by atoms with Crippen molar-refractivity contribution in [2.24, 2.45) is 0 Å². The van der Waals surface area contributed by atoms with Crippen molar-refractivity contribution >= 4 is 18.0 Å². The molecule has 1 aromatic heterocycles. The highest BCUT2D eigenvalue weighted by molar-refractivity contribution is 7.71. The Morgan fingerprint density at radius 3 is 2.62 bits per heavy atom. The lowest BCUT2D eigenvalue weighted by Crippen LogP contribution is -2.37. The van der Waals surface area contributed by atoms with Crippen LogP contribution in [0.2, 0.25) is 0 Å². The van der Waals surface area contributed by atoms with Gasteiger partial charge in [0.05, 0.1) is 18.3 Å². The monoisotopic (exact) mass is 346 g/mol. The maximum absolute atomic E-state index is 12.0. The lowest BCUT2D eigenvalue weighted by molar-refractivity contribution is -0.156. The van der Waals surface area contributed by atoms with Gasteiger partial charge >= 0.3 is 0 Å². The number of hydrogen-bond acceptors (Lipinski definition) is 6. The summed E-state index contributed by atoms with van der Waals surface area (Å²) < 4.78 is 14.7. The van der Waals surface area contributed by atoms with Gasteiger partial charge in [0.2, 0.25) is 11.1 Å². The fourth-order valence-corrected chi connectivity index (χ4v) is 3.88. The molecule has 3 unspecified atom stereocenters. The van der Waals surface area contributed by atoms with Crippen LogP contribution >= 0.6 is 12.2 Å². The standard InChI is InChI=1S/C16H18N4O3S/c1-8-4-9(2)14(10(3)5-8)20-16(24)19(17-18-20)11-6-12(21)15-22-7-13(11)23-15/h4-5,11,13,15H,6-7H2,1-3H3. The molecule has 0 aliphatic carbocycles. The quantitative estimate of drug-likeness (QED) is 0.775. The number of aryl methyl sites for hydroxylation is 3. The van der Waals surface area contributed by atoms with Crippen LogP contribution < -0.4 is 0 Å². The third-order valence-corrected chi connectivity index (χ3v) is 4.94. The average molecular weight is 346 g/mol. The van der Waals surface area contributed by atoms with Crippen molar-refractivity contribution in [1.29, 1.82) is 0 Å². The Hall–Kier alpha value is -1.90. The number of tetrazole rings is 1. The molecular formula is C16H18N4O3S. The second-order valence-corrected chi connectivity index (χ2v) is 6.81. The molecule has 24 heavy (non-hydrogen) atoms. The van der Waals surface area contributed by atoms with Gasteiger partial charge in [0.25, 0.3) is 0 Å². The summed E-state index contributed by atoms with van der Waals surface area (Å²) in [6.45, 7) is 6.48. The predicted octanol–water partition coefficient (Wildman–Crippen LogP) is 1.98. The fourth-order valence-electron chi connectivity index (χ4n) is 3.58. The summed E-state index contributed by atoms with van der Waals surface area (Å²) in [7, 11) is 0. The maximum Gasteiger partial charge on any atom is 0.221 e. The van der Waals surface area contributed by atoms with Crippen molar-refractivity contribution < 1.29 is 14.3 Å². The number of benzene rings is 1. The predicted molar refractivity (Wildman–Crippen MR) is 87.7 cm³/mol. The van der Waals surface area contributed by atoms with Gasteiger partial charge in [0.1, 0.15) is 6.10 Å². The summed E-state index contributed by atoms with van der Waals surface area (Å²) in [5.41, 5.74) is 4.28. The SMILES string of the molecule is Cc1cc(C)c(-n2nnn(C3CC(=O)C4OCC3O4)c2=S)c(C)c1. The number of nitrogens with zero attached hydrogens (tertiary/aromatic N) is 4. The van der Waals surface area contributed by atoms with E-state index in [0.29, 0.717) is 17.8 Å². The average Bonchev–Trinajstić information content (AvgIpc) is 3.09. The van der Waals surface area contributed by atoms with Crippen LogP contribution in [0, 0.1) is 25.5 Å². The maximum atomic E-state index is 12.0. The molecule has 2 aliphatic heterocycles. The van der Waals surface area contributed by atoms with Gasteiger partial charge in [-0.15, -0.1) is 0 Å². The normalized spacial score (nSPS) is 26.1. The Kier molecular flexibility index (Phi) is 3.63. The molecule has 1 aromatic carbocycles. The molecule has 3 heterocycles. The number of aromatic nitrogens is 4. The minimum Gasteiger partial charge on any atom is -0.343 e. The summed E-state index contributed by atoms with van der Waals surface area (Å²) in [5.74, 6) is -0.0760. The first kappa shape index (κ1) is 15.6. The number of carbonyl (C=O) groups excluding carboxylic acids is 1. The van der Waals surface area contributed by atoms with Crippen molar-refractivity contribution in [3.05, 3.63) is 33.6 Å². The number of Topliss-reactive ketones (excluding diaryl/α,β-unsaturated/α-hetero) is 1. The van der Waals surface area contributed by atoms with E-state index < -0.39 is 6.29 Å². The zero-order valence-corrected chi connectivity index (χ0v) is 14.5. The van der Waals surface area contributed by atoms with Gasteiger partial charge in [-0.05, 0) is 54.5 Å². The van der Waals surface area contributed by atoms with Crippen LogP contribution in [0.5, 0.6) is 0 Å². The van der Waals surface area contributed by atoms with Gasteiger partial charge in [0.15, 0.2) is 5.78 Å². The van der Waals surface area contributed by atoms with Gasteiger partial charge in [-0.3, -0.25) is 4.79 Å². The first-order chi connectivity index (χ1) is 11.5. The van der Waals surface area contributed by atoms with Crippen LogP contribution in [0.1, 0.15) is 29.2 Å². The number of carbonyl (C=O) groups is 1. The minimum atomic E-state index is -0.725. The first-order valence-electron chi connectivity index (χ1n) is 7.88.